The summed E-state index contributed by atoms with van der Waals surface area (Å²) in [5.41, 5.74) is 0. The van der Waals surface area contributed by atoms with Gasteiger partial charge in [0.2, 0.25) is 0 Å². The Hall–Kier alpha value is -4.45. The van der Waals surface area contributed by atoms with Crippen LogP contribution >= 0.6 is 0 Å². The minimum atomic E-state index is -0.782. The fraction of sp³-hybridized carbons (Fsp3) is 0.671. The van der Waals surface area contributed by atoms with Crippen molar-refractivity contribution in [1.29, 1.82) is 0 Å². The summed E-state index contributed by atoms with van der Waals surface area (Å²) in [5.74, 6) is -0.891. The Kier molecular flexibility index (Phi) is 65.3. The third kappa shape index (κ3) is 66.4. The van der Waals surface area contributed by atoms with Crippen molar-refractivity contribution in [3.05, 3.63) is 134 Å². The molecule has 82 heavy (non-hydrogen) atoms. The zero-order valence-corrected chi connectivity index (χ0v) is 53.5. The fourth-order valence-corrected chi connectivity index (χ4v) is 9.36. The molecule has 0 saturated carbocycles. The monoisotopic (exact) mass is 1130 g/mol. The molecule has 0 aromatic carbocycles. The minimum Gasteiger partial charge on any atom is -0.462 e. The Labute approximate surface area is 506 Å². The fourth-order valence-electron chi connectivity index (χ4n) is 9.36. The first-order chi connectivity index (χ1) is 40.5. The average Bonchev–Trinajstić information content (AvgIpc) is 3.47. The van der Waals surface area contributed by atoms with Crippen molar-refractivity contribution >= 4 is 17.9 Å². The van der Waals surface area contributed by atoms with Crippen LogP contribution in [-0.4, -0.2) is 37.2 Å². The average molecular weight is 1140 g/mol. The molecule has 1 atom stereocenters. The van der Waals surface area contributed by atoms with E-state index in [2.05, 4.69) is 154 Å². The van der Waals surface area contributed by atoms with Crippen molar-refractivity contribution in [1.82, 2.24) is 0 Å². The van der Waals surface area contributed by atoms with Gasteiger partial charge in [-0.3, -0.25) is 14.4 Å². The van der Waals surface area contributed by atoms with Gasteiger partial charge in [-0.05, 0) is 116 Å². The van der Waals surface area contributed by atoms with E-state index in [1.165, 1.54) is 135 Å². The van der Waals surface area contributed by atoms with Gasteiger partial charge in [-0.1, -0.05) is 309 Å². The maximum atomic E-state index is 12.9. The van der Waals surface area contributed by atoms with Crippen molar-refractivity contribution in [3.63, 3.8) is 0 Å². The number of rotatable bonds is 61. The van der Waals surface area contributed by atoms with Gasteiger partial charge in [0.25, 0.3) is 0 Å². The molecule has 0 aromatic rings. The zero-order valence-electron chi connectivity index (χ0n) is 53.5. The number of carbonyl (C=O) groups is 3. The Morgan fingerprint density at radius 3 is 0.744 bits per heavy atom. The van der Waals surface area contributed by atoms with E-state index >= 15 is 0 Å². The van der Waals surface area contributed by atoms with Gasteiger partial charge in [-0.25, -0.2) is 0 Å². The second-order valence-electron chi connectivity index (χ2n) is 22.3. The van der Waals surface area contributed by atoms with Crippen LogP contribution < -0.4 is 0 Å². The lowest BCUT2D eigenvalue weighted by Crippen LogP contribution is -2.30. The first-order valence-electron chi connectivity index (χ1n) is 34.2. The quantitative estimate of drug-likeness (QED) is 0.0261. The van der Waals surface area contributed by atoms with Crippen LogP contribution in [0.25, 0.3) is 0 Å². The second-order valence-corrected chi connectivity index (χ2v) is 22.3. The smallest absolute Gasteiger partial charge is 0.306 e. The lowest BCUT2D eigenvalue weighted by Gasteiger charge is -2.18. The van der Waals surface area contributed by atoms with Gasteiger partial charge in [-0.2, -0.15) is 0 Å². The molecule has 1 unspecified atom stereocenters. The van der Waals surface area contributed by atoms with Crippen LogP contribution in [0, 0.1) is 0 Å². The Bertz CT molecular complexity index is 1730. The largest absolute Gasteiger partial charge is 0.462 e. The van der Waals surface area contributed by atoms with Crippen molar-refractivity contribution < 1.29 is 28.6 Å². The lowest BCUT2D eigenvalue weighted by molar-refractivity contribution is -0.167. The number of ether oxygens (including phenoxy) is 3. The molecule has 0 fully saturated rings. The molecule has 0 heterocycles. The number of carbonyl (C=O) groups excluding carboxylic acids is 3. The summed E-state index contributed by atoms with van der Waals surface area (Å²) in [6, 6.07) is 0. The lowest BCUT2D eigenvalue weighted by atomic mass is 10.0. The molecule has 6 heteroatoms. The first kappa shape index (κ1) is 77.5. The number of unbranched alkanes of at least 4 members (excludes halogenated alkanes) is 28. The summed E-state index contributed by atoms with van der Waals surface area (Å²) in [6.07, 6.45) is 97.9. The van der Waals surface area contributed by atoms with Gasteiger partial charge >= 0.3 is 17.9 Å². The molecule has 0 spiro atoms. The maximum Gasteiger partial charge on any atom is 0.306 e. The predicted molar refractivity (Wildman–Crippen MR) is 357 cm³/mol. The van der Waals surface area contributed by atoms with Crippen LogP contribution in [0.3, 0.4) is 0 Å². The number of allylic oxidation sites excluding steroid dienone is 22. The molecule has 0 aliphatic heterocycles. The third-order valence-electron chi connectivity index (χ3n) is 14.4. The number of hydrogen-bond donors (Lipinski definition) is 0. The van der Waals surface area contributed by atoms with E-state index in [1.54, 1.807) is 0 Å². The third-order valence-corrected chi connectivity index (χ3v) is 14.4. The summed E-state index contributed by atoms with van der Waals surface area (Å²) >= 11 is 0. The van der Waals surface area contributed by atoms with E-state index in [4.69, 9.17) is 14.2 Å². The highest BCUT2D eigenvalue weighted by molar-refractivity contribution is 5.71. The molecule has 0 N–H and O–H groups in total. The summed E-state index contributed by atoms with van der Waals surface area (Å²) in [6.45, 7) is 6.37. The molecule has 466 valence electrons. The molecule has 0 rings (SSSR count). The predicted octanol–water partition coefficient (Wildman–Crippen LogP) is 23.7. The molecule has 6 nitrogen and oxygen atoms in total. The van der Waals surface area contributed by atoms with Crippen LogP contribution in [0.15, 0.2) is 134 Å². The summed E-state index contributed by atoms with van der Waals surface area (Å²) in [4.78, 5) is 38.1. The van der Waals surface area contributed by atoms with E-state index in [0.29, 0.717) is 19.3 Å². The van der Waals surface area contributed by atoms with Crippen molar-refractivity contribution in [2.45, 2.75) is 316 Å². The topological polar surface area (TPSA) is 78.9 Å². The maximum absolute atomic E-state index is 12.9. The van der Waals surface area contributed by atoms with Gasteiger partial charge in [0, 0.05) is 19.3 Å². The van der Waals surface area contributed by atoms with Crippen LogP contribution in [-0.2, 0) is 28.6 Å². The molecular weight excluding hydrogens is 1010 g/mol. The van der Waals surface area contributed by atoms with Gasteiger partial charge in [0.05, 0.1) is 0 Å². The van der Waals surface area contributed by atoms with E-state index in [9.17, 15) is 14.4 Å². The Morgan fingerprint density at radius 1 is 0.256 bits per heavy atom. The number of hydrogen-bond acceptors (Lipinski definition) is 6. The first-order valence-corrected chi connectivity index (χ1v) is 34.2. The molecule has 0 amide bonds. The summed E-state index contributed by atoms with van der Waals surface area (Å²) in [7, 11) is 0. The summed E-state index contributed by atoms with van der Waals surface area (Å²) < 4.78 is 16.8. The zero-order chi connectivity index (χ0) is 59.2. The van der Waals surface area contributed by atoms with E-state index in [1.807, 2.05) is 0 Å². The standard InChI is InChI=1S/C76H126O6/c1-4-7-10-13-16-18-20-22-24-26-28-30-32-34-36-37-38-39-41-42-44-46-48-50-52-54-56-58-60-63-66-69-75(78)81-72-73(71-80-74(77)68-65-62-15-12-9-6-3)82-76(79)70-67-64-61-59-57-55-53-51-49-47-45-43-40-35-33-31-29-27-25-23-21-19-17-14-11-8-5-2/h7-8,10-11,16-19,22-25,28-31,34,36,38-39,42,44,73H,4-6,9,12-15,20-21,26-27,32-33,35,37,40-41,43,45-72H2,1-3H3/b10-7-,11-8-,18-16-,19-17-,24-22-,25-23-,30-28-,31-29-,36-34-,39-38-,44-42-. The van der Waals surface area contributed by atoms with Gasteiger partial charge in [-0.15, -0.1) is 0 Å². The van der Waals surface area contributed by atoms with E-state index in [-0.39, 0.29) is 31.1 Å². The summed E-state index contributed by atoms with van der Waals surface area (Å²) in [5, 5.41) is 0. The Morgan fingerprint density at radius 2 is 0.476 bits per heavy atom. The molecular formula is C76H126O6. The van der Waals surface area contributed by atoms with Crippen LogP contribution in [0.5, 0.6) is 0 Å². The highest BCUT2D eigenvalue weighted by Crippen LogP contribution is 2.16. The highest BCUT2D eigenvalue weighted by atomic mass is 16.6. The van der Waals surface area contributed by atoms with Gasteiger partial charge < -0.3 is 14.2 Å². The molecule has 0 aromatic heterocycles. The van der Waals surface area contributed by atoms with Crippen LogP contribution in [0.2, 0.25) is 0 Å². The second kappa shape index (κ2) is 69.0. The normalized spacial score (nSPS) is 13.0. The molecule has 0 bridgehead atoms. The van der Waals surface area contributed by atoms with Crippen molar-refractivity contribution in [3.8, 4) is 0 Å². The van der Waals surface area contributed by atoms with Crippen molar-refractivity contribution in [2.24, 2.45) is 0 Å². The molecule has 0 saturated heterocycles. The van der Waals surface area contributed by atoms with Crippen LogP contribution in [0.4, 0.5) is 0 Å². The molecule has 0 aliphatic carbocycles. The van der Waals surface area contributed by atoms with Gasteiger partial charge in [0.15, 0.2) is 6.10 Å². The van der Waals surface area contributed by atoms with Crippen molar-refractivity contribution in [2.75, 3.05) is 13.2 Å². The molecule has 0 radical (unpaired) electrons. The Balaban J connectivity index is 4.09. The SMILES string of the molecule is CC/C=C\C/C=C\C/C=C\C/C=C\C/C=C\C/C=C\C/C=C\CCCCCCCCCCCC(=O)OCC(COC(=O)CCCCCCCC)OC(=O)CCCCCCCCCCCCCCCC/C=C\C/C=C\C/C=C\C/C=C\CC. The van der Waals surface area contributed by atoms with Crippen LogP contribution in [0.1, 0.15) is 310 Å². The van der Waals surface area contributed by atoms with E-state index in [0.717, 1.165) is 135 Å². The number of esters is 3. The van der Waals surface area contributed by atoms with E-state index < -0.39 is 6.10 Å². The minimum absolute atomic E-state index is 0.0806. The van der Waals surface area contributed by atoms with Gasteiger partial charge in [0.1, 0.15) is 13.2 Å². The molecule has 0 aliphatic rings. The highest BCUT2D eigenvalue weighted by Gasteiger charge is 2.19.